The third-order valence-corrected chi connectivity index (χ3v) is 5.15. The molecule has 3 aromatic rings. The van der Waals surface area contributed by atoms with E-state index in [0.717, 1.165) is 0 Å². The molecule has 0 saturated carbocycles. The molecule has 1 atom stereocenters. The molecule has 2 nitrogen and oxygen atoms in total. The van der Waals surface area contributed by atoms with Crippen LogP contribution in [-0.2, 0) is 11.8 Å². The molecule has 1 aromatic heterocycles. The van der Waals surface area contributed by atoms with E-state index in [9.17, 15) is 0 Å². The molecule has 4 rings (SSSR count). The molecule has 2 N–H and O–H groups in total. The van der Waals surface area contributed by atoms with Gasteiger partial charge < -0.3 is 10.3 Å². The van der Waals surface area contributed by atoms with Crippen LogP contribution in [0.15, 0.2) is 54.6 Å². The van der Waals surface area contributed by atoms with E-state index in [1.54, 1.807) is 0 Å². The summed E-state index contributed by atoms with van der Waals surface area (Å²) in [5.41, 5.74) is 5.86. The van der Waals surface area contributed by atoms with Gasteiger partial charge in [-0.1, -0.05) is 108 Å². The number of aromatic nitrogens is 1. The lowest BCUT2D eigenvalue weighted by Gasteiger charge is -2.27. The van der Waals surface area contributed by atoms with Crippen molar-refractivity contribution >= 4 is 16.6 Å². The Bertz CT molecular complexity index is 817. The zero-order valence-corrected chi connectivity index (χ0v) is 17.0. The zero-order valence-electron chi connectivity index (χ0n) is 17.0. The normalized spacial score (nSPS) is 14.4. The number of hydrogen-bond acceptors (Lipinski definition) is 1. The van der Waals surface area contributed by atoms with E-state index >= 15 is 0 Å². The van der Waals surface area contributed by atoms with Gasteiger partial charge in [0.15, 0.2) is 0 Å². The summed E-state index contributed by atoms with van der Waals surface area (Å²) in [7, 11) is 0. The van der Waals surface area contributed by atoms with Gasteiger partial charge in [0.05, 0.1) is 0 Å². The zero-order chi connectivity index (χ0) is 18.9. The van der Waals surface area contributed by atoms with Crippen molar-refractivity contribution in [2.75, 3.05) is 5.32 Å². The van der Waals surface area contributed by atoms with Crippen LogP contribution in [0.3, 0.4) is 0 Å². The first-order valence-corrected chi connectivity index (χ1v) is 9.57. The topological polar surface area (TPSA) is 27.8 Å². The molecule has 2 heteroatoms. The second-order valence-corrected chi connectivity index (χ2v) is 9.44. The number of aromatic amines is 1. The molecule has 0 aliphatic carbocycles. The number of nitrogens with one attached hydrogen (secondary N) is 2. The van der Waals surface area contributed by atoms with Gasteiger partial charge in [-0.2, -0.15) is 0 Å². The highest BCUT2D eigenvalue weighted by Crippen LogP contribution is 2.33. The molecule has 170 valence electrons. The van der Waals surface area contributed by atoms with Crippen molar-refractivity contribution in [2.24, 2.45) is 5.41 Å². The van der Waals surface area contributed by atoms with E-state index < -0.39 is 0 Å². The molecule has 0 spiro atoms. The number of H-pyrrole nitrogens is 1. The first-order chi connectivity index (χ1) is 12.1. The lowest BCUT2D eigenvalue weighted by molar-refractivity contribution is 0.347. The Morgan fingerprint density at radius 3 is 1.87 bits per heavy atom. The molecule has 2 aromatic carbocycles. The SMILES string of the molecule is C.C.C.C.CC(C)(C)C1Cc2ccccc2N1.CC(C)(C)c1cc2ccccc2[nH]1. The van der Waals surface area contributed by atoms with Gasteiger partial charge in [-0.05, 0) is 41.0 Å². The summed E-state index contributed by atoms with van der Waals surface area (Å²) in [6.07, 6.45) is 1.17. The molecule has 30 heavy (non-hydrogen) atoms. The molecular weight excluding hydrogens is 364 g/mol. The summed E-state index contributed by atoms with van der Waals surface area (Å²) in [5.74, 6) is 0. The summed E-state index contributed by atoms with van der Waals surface area (Å²) in [4.78, 5) is 3.44. The van der Waals surface area contributed by atoms with Crippen LogP contribution < -0.4 is 5.32 Å². The molecule has 0 amide bonds. The van der Waals surface area contributed by atoms with Crippen molar-refractivity contribution in [2.45, 2.75) is 89.1 Å². The highest BCUT2D eigenvalue weighted by atomic mass is 15.0. The fourth-order valence-corrected chi connectivity index (χ4v) is 3.30. The van der Waals surface area contributed by atoms with Gasteiger partial charge in [0.2, 0.25) is 0 Å². The maximum absolute atomic E-state index is 3.57. The smallest absolute Gasteiger partial charge is 0.0456 e. The Labute approximate surface area is 187 Å². The van der Waals surface area contributed by atoms with E-state index in [0.29, 0.717) is 11.5 Å². The van der Waals surface area contributed by atoms with Crippen LogP contribution in [0.4, 0.5) is 5.69 Å². The van der Waals surface area contributed by atoms with Crippen molar-refractivity contribution in [3.05, 3.63) is 65.9 Å². The Kier molecular flexibility index (Phi) is 11.2. The standard InChI is InChI=1S/C12H17N.C12H15N.4CH4/c2*1-12(2,3)11-8-9-6-4-5-7-10(9)13-11;;;;/h4-7,11,13H,8H2,1-3H3;4-8,13H,1-3H3;4*1H4. The molecule has 1 aliphatic rings. The Hall–Kier alpha value is -2.22. The van der Waals surface area contributed by atoms with Crippen LogP contribution >= 0.6 is 0 Å². The number of hydrogen-bond donors (Lipinski definition) is 2. The Morgan fingerprint density at radius 2 is 1.33 bits per heavy atom. The van der Waals surface area contributed by atoms with Gasteiger partial charge in [-0.25, -0.2) is 0 Å². The summed E-state index contributed by atoms with van der Waals surface area (Å²) in [6, 6.07) is 19.8. The van der Waals surface area contributed by atoms with Gasteiger partial charge >= 0.3 is 0 Å². The molecule has 1 unspecified atom stereocenters. The quantitative estimate of drug-likeness (QED) is 0.378. The molecule has 0 fully saturated rings. The third-order valence-electron chi connectivity index (χ3n) is 5.15. The van der Waals surface area contributed by atoms with Crippen molar-refractivity contribution in [1.29, 1.82) is 0 Å². The van der Waals surface area contributed by atoms with E-state index in [1.807, 2.05) is 0 Å². The van der Waals surface area contributed by atoms with Crippen LogP contribution in [0.2, 0.25) is 0 Å². The lowest BCUT2D eigenvalue weighted by atomic mass is 9.85. The van der Waals surface area contributed by atoms with Crippen LogP contribution in [0.25, 0.3) is 10.9 Å². The van der Waals surface area contributed by atoms with Crippen LogP contribution in [0.1, 0.15) is 82.5 Å². The van der Waals surface area contributed by atoms with Crippen LogP contribution in [0.5, 0.6) is 0 Å². The number of anilines is 1. The predicted octanol–water partition coefficient (Wildman–Crippen LogP) is 9.08. The molecular formula is C28H48N2. The van der Waals surface area contributed by atoms with E-state index in [4.69, 9.17) is 0 Å². The number of rotatable bonds is 0. The second-order valence-electron chi connectivity index (χ2n) is 9.44. The van der Waals surface area contributed by atoms with E-state index in [1.165, 1.54) is 34.3 Å². The summed E-state index contributed by atoms with van der Waals surface area (Å²) >= 11 is 0. The first-order valence-electron chi connectivity index (χ1n) is 9.57. The lowest BCUT2D eigenvalue weighted by Crippen LogP contribution is -2.31. The monoisotopic (exact) mass is 412 g/mol. The van der Waals surface area contributed by atoms with Gasteiger partial charge in [0, 0.05) is 28.4 Å². The minimum absolute atomic E-state index is 0. The minimum atomic E-state index is 0. The van der Waals surface area contributed by atoms with E-state index in [2.05, 4.69) is 106 Å². The summed E-state index contributed by atoms with van der Waals surface area (Å²) in [6.45, 7) is 13.5. The van der Waals surface area contributed by atoms with Crippen LogP contribution in [-0.4, -0.2) is 11.0 Å². The number of para-hydroxylation sites is 2. The van der Waals surface area contributed by atoms with E-state index in [-0.39, 0.29) is 35.1 Å². The first kappa shape index (κ1) is 30.0. The maximum Gasteiger partial charge on any atom is 0.0456 e. The number of benzene rings is 2. The van der Waals surface area contributed by atoms with Crippen molar-refractivity contribution in [3.63, 3.8) is 0 Å². The van der Waals surface area contributed by atoms with Gasteiger partial charge in [-0.15, -0.1) is 0 Å². The number of fused-ring (bicyclic) bond motifs is 2. The Balaban J connectivity index is 0. The molecule has 0 saturated heterocycles. The third kappa shape index (κ3) is 6.93. The van der Waals surface area contributed by atoms with Gasteiger partial charge in [0.25, 0.3) is 0 Å². The van der Waals surface area contributed by atoms with Gasteiger partial charge in [-0.3, -0.25) is 0 Å². The average Bonchev–Trinajstić information content (AvgIpc) is 3.19. The molecule has 1 aliphatic heterocycles. The highest BCUT2D eigenvalue weighted by molar-refractivity contribution is 5.80. The molecule has 0 radical (unpaired) electrons. The fourth-order valence-electron chi connectivity index (χ4n) is 3.30. The van der Waals surface area contributed by atoms with Crippen LogP contribution in [0, 0.1) is 5.41 Å². The minimum Gasteiger partial charge on any atom is -0.381 e. The van der Waals surface area contributed by atoms with Gasteiger partial charge in [0.1, 0.15) is 0 Å². The second kappa shape index (κ2) is 11.2. The molecule has 0 bridgehead atoms. The average molecular weight is 413 g/mol. The summed E-state index contributed by atoms with van der Waals surface area (Å²) < 4.78 is 0. The highest BCUT2D eigenvalue weighted by Gasteiger charge is 2.29. The predicted molar refractivity (Wildman–Crippen MR) is 141 cm³/mol. The largest absolute Gasteiger partial charge is 0.381 e. The molecule has 2 heterocycles. The Morgan fingerprint density at radius 1 is 0.767 bits per heavy atom. The summed E-state index contributed by atoms with van der Waals surface area (Å²) in [5, 5.41) is 4.87. The maximum atomic E-state index is 3.57. The van der Waals surface area contributed by atoms with Crippen molar-refractivity contribution in [1.82, 2.24) is 4.98 Å². The van der Waals surface area contributed by atoms with Crippen molar-refractivity contribution < 1.29 is 0 Å². The fraction of sp³-hybridized carbons (Fsp3) is 0.500. The van der Waals surface area contributed by atoms with Crippen molar-refractivity contribution in [3.8, 4) is 0 Å².